The lowest BCUT2D eigenvalue weighted by atomic mass is 10.0. The number of aliphatic imine (C=N–C) groups is 1. The molecule has 1 saturated heterocycles. The van der Waals surface area contributed by atoms with Crippen molar-refractivity contribution in [1.29, 1.82) is 0 Å². The lowest BCUT2D eigenvalue weighted by molar-refractivity contribution is -0.115. The number of fused-ring (bicyclic) bond motifs is 1. The number of hydrogen-bond donors (Lipinski definition) is 1. The molecule has 0 spiro atoms. The molecule has 0 bridgehead atoms. The number of anilines is 2. The summed E-state index contributed by atoms with van der Waals surface area (Å²) in [6, 6.07) is 13.5. The molecule has 0 aliphatic carbocycles. The number of nitrogens with one attached hydrogen (secondary N) is 1. The van der Waals surface area contributed by atoms with Crippen LogP contribution in [0.1, 0.15) is 25.8 Å². The quantitative estimate of drug-likeness (QED) is 0.755. The third-order valence-corrected chi connectivity index (χ3v) is 5.59. The van der Waals surface area contributed by atoms with Gasteiger partial charge >= 0.3 is 0 Å². The molecule has 156 valence electrons. The molecule has 30 heavy (non-hydrogen) atoms. The lowest BCUT2D eigenvalue weighted by Gasteiger charge is -2.25. The smallest absolute Gasteiger partial charge is 0.191 e. The highest BCUT2D eigenvalue weighted by atomic mass is 16.5. The Morgan fingerprint density at radius 1 is 1.10 bits per heavy atom. The van der Waals surface area contributed by atoms with Crippen molar-refractivity contribution in [2.75, 3.05) is 31.0 Å². The molecule has 0 radical (unpaired) electrons. The number of rotatable bonds is 5. The zero-order valence-electron chi connectivity index (χ0n) is 17.9. The van der Waals surface area contributed by atoms with Crippen LogP contribution in [0.5, 0.6) is 11.5 Å². The summed E-state index contributed by atoms with van der Waals surface area (Å²) >= 11 is 0. The highest BCUT2D eigenvalue weighted by Gasteiger charge is 2.43. The summed E-state index contributed by atoms with van der Waals surface area (Å²) in [4.78, 5) is 20.4. The molecule has 4 rings (SSSR count). The zero-order chi connectivity index (χ0) is 21.3. The van der Waals surface area contributed by atoms with Crippen molar-refractivity contribution in [3.05, 3.63) is 59.3 Å². The maximum absolute atomic E-state index is 13.6. The Kier molecular flexibility index (Phi) is 5.48. The fourth-order valence-corrected chi connectivity index (χ4v) is 4.20. The minimum absolute atomic E-state index is 0.0989. The van der Waals surface area contributed by atoms with Crippen molar-refractivity contribution in [3.63, 3.8) is 0 Å². The van der Waals surface area contributed by atoms with Gasteiger partial charge in [-0.25, -0.2) is 0 Å². The number of benzene rings is 2. The van der Waals surface area contributed by atoms with E-state index in [9.17, 15) is 4.79 Å². The molecule has 2 aromatic rings. The second-order valence-electron chi connectivity index (χ2n) is 7.34. The predicted octanol–water partition coefficient (Wildman–Crippen LogP) is 4.21. The van der Waals surface area contributed by atoms with Gasteiger partial charge in [0, 0.05) is 42.5 Å². The van der Waals surface area contributed by atoms with Gasteiger partial charge in [-0.1, -0.05) is 25.1 Å². The number of ether oxygens (including phenoxy) is 2. The van der Waals surface area contributed by atoms with Gasteiger partial charge in [0.15, 0.2) is 5.78 Å². The Balaban J connectivity index is 1.85. The van der Waals surface area contributed by atoms with E-state index in [0.29, 0.717) is 42.3 Å². The number of nitrogens with zero attached hydrogens (tertiary/aromatic N) is 2. The van der Waals surface area contributed by atoms with Crippen LogP contribution in [0.3, 0.4) is 0 Å². The average Bonchev–Trinajstić information content (AvgIpc) is 3.31. The first-order valence-electron chi connectivity index (χ1n) is 10.3. The normalized spacial score (nSPS) is 21.7. The molecule has 6 nitrogen and oxygen atoms in total. The van der Waals surface area contributed by atoms with E-state index >= 15 is 0 Å². The average molecular weight is 405 g/mol. The van der Waals surface area contributed by atoms with Crippen molar-refractivity contribution >= 4 is 23.0 Å². The van der Waals surface area contributed by atoms with E-state index in [-0.39, 0.29) is 11.8 Å². The molecule has 0 aromatic heterocycles. The number of allylic oxidation sites excluding steroid dienone is 1. The Labute approximate surface area is 177 Å². The Morgan fingerprint density at radius 2 is 1.80 bits per heavy atom. The van der Waals surface area contributed by atoms with Gasteiger partial charge in [-0.2, -0.15) is 0 Å². The van der Waals surface area contributed by atoms with Gasteiger partial charge in [-0.3, -0.25) is 9.79 Å². The molecule has 0 amide bonds. The predicted molar refractivity (Wildman–Crippen MR) is 120 cm³/mol. The van der Waals surface area contributed by atoms with Gasteiger partial charge in [-0.05, 0) is 25.0 Å². The second kappa shape index (κ2) is 8.22. The van der Waals surface area contributed by atoms with Gasteiger partial charge < -0.3 is 19.7 Å². The summed E-state index contributed by atoms with van der Waals surface area (Å²) in [7, 11) is 3.25. The van der Waals surface area contributed by atoms with Crippen molar-refractivity contribution < 1.29 is 14.3 Å². The van der Waals surface area contributed by atoms with E-state index < -0.39 is 0 Å². The standard InChI is InChI=1S/C24H27N3O3/c1-5-21-23(28)22(20-11-15-9-7-8-10-19(15)26-20)24(25-6-2)27(21)16-12-17(29-3)14-18(13-16)30-4/h7-10,12-14,21,26H,5-6,11H2,1-4H3/t21-/m1/s1. The van der Waals surface area contributed by atoms with Crippen LogP contribution >= 0.6 is 0 Å². The van der Waals surface area contributed by atoms with Crippen LogP contribution in [0.15, 0.2) is 58.7 Å². The highest BCUT2D eigenvalue weighted by Crippen LogP contribution is 2.38. The fraction of sp³-hybridized carbons (Fsp3) is 0.333. The number of methoxy groups -OCH3 is 2. The minimum Gasteiger partial charge on any atom is -0.497 e. The molecular weight excluding hydrogens is 378 g/mol. The monoisotopic (exact) mass is 405 g/mol. The van der Waals surface area contributed by atoms with Gasteiger partial charge in [0.05, 0.1) is 31.5 Å². The van der Waals surface area contributed by atoms with E-state index in [2.05, 4.69) is 11.4 Å². The van der Waals surface area contributed by atoms with Crippen LogP contribution in [0.4, 0.5) is 11.4 Å². The Bertz CT molecular complexity index is 992. The Morgan fingerprint density at radius 3 is 2.40 bits per heavy atom. The number of para-hydroxylation sites is 1. The number of carbonyl (C=O) groups excluding carboxylic acids is 1. The maximum atomic E-state index is 13.6. The molecule has 2 aromatic carbocycles. The number of ketones is 1. The number of carbonyl (C=O) groups is 1. The largest absolute Gasteiger partial charge is 0.497 e. The SMILES string of the molecule is CCN=C1C(=C2Cc3ccccc3N2)C(=O)[C@@H](CC)N1c1cc(OC)cc(OC)c1. The van der Waals surface area contributed by atoms with Crippen molar-refractivity contribution in [3.8, 4) is 11.5 Å². The highest BCUT2D eigenvalue weighted by molar-refractivity contribution is 6.36. The first-order chi connectivity index (χ1) is 14.6. The van der Waals surface area contributed by atoms with Crippen molar-refractivity contribution in [1.82, 2.24) is 0 Å². The maximum Gasteiger partial charge on any atom is 0.191 e. The zero-order valence-corrected chi connectivity index (χ0v) is 17.9. The fourth-order valence-electron chi connectivity index (χ4n) is 4.20. The molecule has 2 heterocycles. The van der Waals surface area contributed by atoms with E-state index in [1.165, 1.54) is 5.56 Å². The molecule has 0 unspecified atom stereocenters. The topological polar surface area (TPSA) is 63.2 Å². The van der Waals surface area contributed by atoms with Gasteiger partial charge in [0.25, 0.3) is 0 Å². The summed E-state index contributed by atoms with van der Waals surface area (Å²) in [6.07, 6.45) is 1.37. The second-order valence-corrected chi connectivity index (χ2v) is 7.34. The van der Waals surface area contributed by atoms with Crippen molar-refractivity contribution in [2.24, 2.45) is 4.99 Å². The molecule has 1 N–H and O–H groups in total. The summed E-state index contributed by atoms with van der Waals surface area (Å²) in [6.45, 7) is 4.60. The van der Waals surface area contributed by atoms with E-state index in [1.54, 1.807) is 14.2 Å². The number of amidine groups is 1. The third-order valence-electron chi connectivity index (χ3n) is 5.59. The van der Waals surface area contributed by atoms with Gasteiger partial charge in [0.2, 0.25) is 0 Å². The first kappa shape index (κ1) is 20.0. The number of Topliss-reactive ketones (excluding diaryl/α,β-unsaturated/α-hetero) is 1. The molecular formula is C24H27N3O3. The van der Waals surface area contributed by atoms with Crippen LogP contribution in [-0.2, 0) is 11.2 Å². The van der Waals surface area contributed by atoms with Crippen LogP contribution in [0, 0.1) is 0 Å². The molecule has 2 aliphatic heterocycles. The molecule has 1 atom stereocenters. The summed E-state index contributed by atoms with van der Waals surface area (Å²) in [5.41, 5.74) is 4.69. The molecule has 2 aliphatic rings. The molecule has 0 saturated carbocycles. The minimum atomic E-state index is -0.319. The summed E-state index contributed by atoms with van der Waals surface area (Å²) in [5, 5.41) is 3.46. The van der Waals surface area contributed by atoms with Gasteiger partial charge in [-0.15, -0.1) is 0 Å². The molecule has 1 fully saturated rings. The Hall–Kier alpha value is -3.28. The van der Waals surface area contributed by atoms with Crippen LogP contribution in [0.25, 0.3) is 0 Å². The summed E-state index contributed by atoms with van der Waals surface area (Å²) < 4.78 is 10.9. The summed E-state index contributed by atoms with van der Waals surface area (Å²) in [5.74, 6) is 2.16. The van der Waals surface area contributed by atoms with E-state index in [1.807, 2.05) is 55.1 Å². The number of hydrogen-bond acceptors (Lipinski definition) is 5. The lowest BCUT2D eigenvalue weighted by Crippen LogP contribution is -2.35. The molecule has 6 heteroatoms. The van der Waals surface area contributed by atoms with E-state index in [4.69, 9.17) is 14.5 Å². The van der Waals surface area contributed by atoms with Crippen molar-refractivity contribution in [2.45, 2.75) is 32.7 Å². The third kappa shape index (κ3) is 3.32. The van der Waals surface area contributed by atoms with Gasteiger partial charge in [0.1, 0.15) is 17.3 Å². The first-order valence-corrected chi connectivity index (χ1v) is 10.3. The van der Waals surface area contributed by atoms with Crippen LogP contribution < -0.4 is 19.7 Å². The van der Waals surface area contributed by atoms with E-state index in [0.717, 1.165) is 17.1 Å². The van der Waals surface area contributed by atoms with Crippen LogP contribution in [0.2, 0.25) is 0 Å². The van der Waals surface area contributed by atoms with Crippen LogP contribution in [-0.4, -0.2) is 38.4 Å².